The molecule has 5 atom stereocenters. The number of fused-ring (bicyclic) bond motifs is 1. The fourth-order valence-electron chi connectivity index (χ4n) is 7.52. The van der Waals surface area contributed by atoms with Crippen LogP contribution in [0.2, 0.25) is 0 Å². The zero-order valence-electron chi connectivity index (χ0n) is 21.4. The van der Waals surface area contributed by atoms with E-state index < -0.39 is 5.60 Å². The molecule has 2 bridgehead atoms. The lowest BCUT2D eigenvalue weighted by Crippen LogP contribution is -2.74. The molecule has 2 aromatic rings. The third-order valence-electron chi connectivity index (χ3n) is 9.63. The van der Waals surface area contributed by atoms with Crippen molar-refractivity contribution < 1.29 is 5.11 Å². The summed E-state index contributed by atoms with van der Waals surface area (Å²) in [7, 11) is 0. The summed E-state index contributed by atoms with van der Waals surface area (Å²) in [5.41, 5.74) is 12.8. The topological polar surface area (TPSA) is 73.5 Å². The van der Waals surface area contributed by atoms with Crippen LogP contribution in [0.25, 0.3) is 5.70 Å². The highest BCUT2D eigenvalue weighted by Gasteiger charge is 2.67. The molecule has 5 heteroatoms. The van der Waals surface area contributed by atoms with Crippen molar-refractivity contribution in [2.75, 3.05) is 24.1 Å². The van der Waals surface area contributed by atoms with Gasteiger partial charge in [0, 0.05) is 35.7 Å². The first-order valence-electron chi connectivity index (χ1n) is 13.4. The normalized spacial score (nSPS) is 32.0. The molecule has 2 aromatic carbocycles. The number of aliphatic hydroxyl groups is 1. The molecule has 2 aliphatic carbocycles. The van der Waals surface area contributed by atoms with Gasteiger partial charge in [0.25, 0.3) is 0 Å². The first-order valence-corrected chi connectivity index (χ1v) is 13.4. The Bertz CT molecular complexity index is 1150. The largest absolute Gasteiger partial charge is 0.399 e. The Labute approximate surface area is 209 Å². The molecular weight excluding hydrogens is 432 g/mol. The summed E-state index contributed by atoms with van der Waals surface area (Å²) in [5.74, 6) is 0.820. The van der Waals surface area contributed by atoms with Crippen molar-refractivity contribution in [3.63, 3.8) is 0 Å². The molecule has 1 saturated heterocycles. The van der Waals surface area contributed by atoms with Crippen molar-refractivity contribution in [3.05, 3.63) is 65.2 Å². The second-order valence-corrected chi connectivity index (χ2v) is 11.7. The molecule has 4 aliphatic rings. The second-order valence-electron chi connectivity index (χ2n) is 11.7. The summed E-state index contributed by atoms with van der Waals surface area (Å²) in [6.07, 6.45) is 5.52. The van der Waals surface area contributed by atoms with Crippen LogP contribution < -0.4 is 16.4 Å². The number of hydrogen-bond donors (Lipinski definition) is 4. The number of piperidine rings is 1. The van der Waals surface area contributed by atoms with E-state index in [0.29, 0.717) is 0 Å². The Kier molecular flexibility index (Phi) is 5.25. The van der Waals surface area contributed by atoms with E-state index in [1.807, 2.05) is 24.3 Å². The average Bonchev–Trinajstić information content (AvgIpc) is 3.57. The lowest BCUT2D eigenvalue weighted by molar-refractivity contribution is -0.140. The SMILES string of the molecule is C=C(NC(CC)[C@@H]1Nc2c(C)ccc3c2C12CCN(CC1CC1)C(C3)C2(C)O)c1ccc(N)cc1. The first kappa shape index (κ1) is 22.9. The standard InChI is InChI=1S/C30H40N4O/c1-5-24(32-19(3)21-10-12-23(31)13-11-21)28-30-14-15-34(17-20-7-8-20)25(29(30,4)35)16-22-9-6-18(2)27(33-28)26(22)30/h6,9-13,20,24-25,28,32-33,35H,3,5,7-8,14-17,31H2,1-2,4H3/t24?,25?,28-,29?,30?/m0/s1. The molecule has 2 aliphatic heterocycles. The summed E-state index contributed by atoms with van der Waals surface area (Å²) in [6.45, 7) is 13.1. The van der Waals surface area contributed by atoms with Gasteiger partial charge in [0.2, 0.25) is 0 Å². The summed E-state index contributed by atoms with van der Waals surface area (Å²) in [6, 6.07) is 12.8. The maximum Gasteiger partial charge on any atom is 0.0895 e. The monoisotopic (exact) mass is 472 g/mol. The minimum atomic E-state index is -0.818. The molecular formula is C30H40N4O. The van der Waals surface area contributed by atoms with Crippen molar-refractivity contribution in [1.82, 2.24) is 10.2 Å². The van der Waals surface area contributed by atoms with Crippen molar-refractivity contribution in [1.29, 1.82) is 0 Å². The van der Waals surface area contributed by atoms with Crippen LogP contribution in [0, 0.1) is 12.8 Å². The van der Waals surface area contributed by atoms with Gasteiger partial charge in [0.15, 0.2) is 0 Å². The molecule has 0 amide bonds. The number of benzene rings is 2. The van der Waals surface area contributed by atoms with Crippen LogP contribution in [0.5, 0.6) is 0 Å². The van der Waals surface area contributed by atoms with E-state index in [1.165, 1.54) is 35.2 Å². The minimum absolute atomic E-state index is 0.0776. The number of aryl methyl sites for hydroxylation is 1. The average molecular weight is 473 g/mol. The highest BCUT2D eigenvalue weighted by Crippen LogP contribution is 2.60. The van der Waals surface area contributed by atoms with Crippen LogP contribution in [0.1, 0.15) is 61.8 Å². The fourth-order valence-corrected chi connectivity index (χ4v) is 7.52. The van der Waals surface area contributed by atoms with Crippen molar-refractivity contribution >= 4 is 17.1 Å². The van der Waals surface area contributed by atoms with Crippen molar-refractivity contribution in [2.45, 2.75) is 82.0 Å². The molecule has 5 N–H and O–H groups in total. The Morgan fingerprint density at radius 3 is 2.69 bits per heavy atom. The van der Waals surface area contributed by atoms with Gasteiger partial charge in [-0.25, -0.2) is 0 Å². The fraction of sp³-hybridized carbons (Fsp3) is 0.533. The first-order chi connectivity index (χ1) is 16.8. The van der Waals surface area contributed by atoms with Crippen LogP contribution in [-0.2, 0) is 11.8 Å². The Hall–Kier alpha value is -2.50. The third-order valence-corrected chi connectivity index (χ3v) is 9.63. The molecule has 1 saturated carbocycles. The molecule has 186 valence electrons. The molecule has 1 spiro atoms. The second kappa shape index (κ2) is 8.01. The molecule has 0 aromatic heterocycles. The van der Waals surface area contributed by atoms with E-state index in [-0.39, 0.29) is 23.5 Å². The number of likely N-dealkylation sites (tertiary alicyclic amines) is 1. The van der Waals surface area contributed by atoms with Crippen molar-refractivity contribution in [2.24, 2.45) is 5.92 Å². The lowest BCUT2D eigenvalue weighted by atomic mass is 9.52. The highest BCUT2D eigenvalue weighted by atomic mass is 16.3. The summed E-state index contributed by atoms with van der Waals surface area (Å²) < 4.78 is 0. The number of hydrogen-bond acceptors (Lipinski definition) is 5. The molecule has 35 heavy (non-hydrogen) atoms. The van der Waals surface area contributed by atoms with Gasteiger partial charge in [-0.05, 0) is 92.8 Å². The predicted octanol–water partition coefficient (Wildman–Crippen LogP) is 4.44. The van der Waals surface area contributed by atoms with Crippen molar-refractivity contribution in [3.8, 4) is 0 Å². The third kappa shape index (κ3) is 3.35. The zero-order chi connectivity index (χ0) is 24.5. The highest BCUT2D eigenvalue weighted by molar-refractivity contribution is 5.73. The molecule has 4 unspecified atom stereocenters. The molecule has 2 fully saturated rings. The maximum atomic E-state index is 12.5. The summed E-state index contributed by atoms with van der Waals surface area (Å²) in [4.78, 5) is 2.61. The van der Waals surface area contributed by atoms with Crippen LogP contribution >= 0.6 is 0 Å². The maximum absolute atomic E-state index is 12.5. The van der Waals surface area contributed by atoms with E-state index >= 15 is 0 Å². The van der Waals surface area contributed by atoms with E-state index in [4.69, 9.17) is 5.73 Å². The molecule has 2 heterocycles. The van der Waals surface area contributed by atoms with Gasteiger partial charge >= 0.3 is 0 Å². The molecule has 0 radical (unpaired) electrons. The number of nitrogens with one attached hydrogen (secondary N) is 2. The number of anilines is 2. The van der Waals surface area contributed by atoms with Crippen LogP contribution in [0.15, 0.2) is 43.0 Å². The Morgan fingerprint density at radius 1 is 1.26 bits per heavy atom. The van der Waals surface area contributed by atoms with Gasteiger partial charge < -0.3 is 21.5 Å². The van der Waals surface area contributed by atoms with Gasteiger partial charge in [-0.1, -0.05) is 37.8 Å². The van der Waals surface area contributed by atoms with Gasteiger partial charge in [0.05, 0.1) is 17.1 Å². The van der Waals surface area contributed by atoms with E-state index in [1.54, 1.807) is 0 Å². The van der Waals surface area contributed by atoms with Gasteiger partial charge in [-0.3, -0.25) is 4.90 Å². The lowest BCUT2D eigenvalue weighted by Gasteiger charge is -2.61. The summed E-state index contributed by atoms with van der Waals surface area (Å²) in [5, 5.41) is 20.3. The molecule has 5 nitrogen and oxygen atoms in total. The number of rotatable bonds is 7. The van der Waals surface area contributed by atoms with Crippen LogP contribution in [0.3, 0.4) is 0 Å². The van der Waals surface area contributed by atoms with Gasteiger partial charge in [-0.15, -0.1) is 0 Å². The predicted molar refractivity (Wildman–Crippen MR) is 144 cm³/mol. The van der Waals surface area contributed by atoms with E-state index in [2.05, 4.69) is 55.0 Å². The van der Waals surface area contributed by atoms with Crippen LogP contribution in [-0.4, -0.2) is 46.8 Å². The minimum Gasteiger partial charge on any atom is -0.399 e. The van der Waals surface area contributed by atoms with Gasteiger partial charge in [-0.2, -0.15) is 0 Å². The Morgan fingerprint density at radius 2 is 2.00 bits per heavy atom. The van der Waals surface area contributed by atoms with Crippen LogP contribution in [0.4, 0.5) is 11.4 Å². The quantitative estimate of drug-likeness (QED) is 0.449. The van der Waals surface area contributed by atoms with Gasteiger partial charge in [0.1, 0.15) is 0 Å². The zero-order valence-corrected chi connectivity index (χ0v) is 21.4. The number of nitrogens with zero attached hydrogens (tertiary/aromatic N) is 1. The van der Waals surface area contributed by atoms with E-state index in [9.17, 15) is 5.11 Å². The van der Waals surface area contributed by atoms with E-state index in [0.717, 1.165) is 55.2 Å². The number of nitrogens with two attached hydrogens (primary N) is 1. The smallest absolute Gasteiger partial charge is 0.0895 e. The molecule has 6 rings (SSSR count). The number of nitrogen functional groups attached to an aromatic ring is 1. The Balaban J connectivity index is 1.40. The summed E-state index contributed by atoms with van der Waals surface area (Å²) >= 11 is 0.